The van der Waals surface area contributed by atoms with Crippen molar-refractivity contribution < 1.29 is 14.4 Å². The van der Waals surface area contributed by atoms with E-state index in [0.29, 0.717) is 31.2 Å². The molecule has 0 aromatic heterocycles. The van der Waals surface area contributed by atoms with Crippen LogP contribution in [0.5, 0.6) is 0 Å². The average Bonchev–Trinajstić information content (AvgIpc) is 2.75. The Hall–Kier alpha value is -2.90. The van der Waals surface area contributed by atoms with Crippen molar-refractivity contribution in [3.63, 3.8) is 0 Å². The number of rotatable bonds is 7. The topological polar surface area (TPSA) is 81.8 Å². The molecule has 2 N–H and O–H groups in total. The van der Waals surface area contributed by atoms with Gasteiger partial charge >= 0.3 is 0 Å². The zero-order valence-electron chi connectivity index (χ0n) is 18.4. The van der Waals surface area contributed by atoms with Gasteiger partial charge in [0.25, 0.3) is 0 Å². The van der Waals surface area contributed by atoms with Crippen LogP contribution < -0.4 is 10.6 Å². The zero-order valence-corrected chi connectivity index (χ0v) is 19.2. The largest absolute Gasteiger partial charge is 0.349 e. The van der Waals surface area contributed by atoms with Crippen LogP contribution in [0.4, 0.5) is 5.69 Å². The lowest BCUT2D eigenvalue weighted by molar-refractivity contribution is -0.133. The third-order valence-electron chi connectivity index (χ3n) is 5.46. The summed E-state index contributed by atoms with van der Waals surface area (Å²) in [5, 5.41) is 6.36. The first kappa shape index (κ1) is 23.8. The number of carbonyl (C=O) groups excluding carboxylic acids is 3. The van der Waals surface area contributed by atoms with E-state index in [0.717, 1.165) is 16.8 Å². The number of benzene rings is 2. The minimum absolute atomic E-state index is 0.0255. The minimum atomic E-state index is -0.407. The summed E-state index contributed by atoms with van der Waals surface area (Å²) in [7, 11) is 0. The van der Waals surface area contributed by atoms with Gasteiger partial charge < -0.3 is 15.5 Å². The second-order valence-electron chi connectivity index (χ2n) is 8.08. The number of piperazine rings is 1. The number of amides is 3. The monoisotopic (exact) mass is 456 g/mol. The highest BCUT2D eigenvalue weighted by molar-refractivity contribution is 6.30. The summed E-state index contributed by atoms with van der Waals surface area (Å²) in [6, 6.07) is 14.4. The Morgan fingerprint density at radius 3 is 2.19 bits per heavy atom. The van der Waals surface area contributed by atoms with Crippen LogP contribution in [0.25, 0.3) is 0 Å². The van der Waals surface area contributed by atoms with Crippen LogP contribution in [0.1, 0.15) is 30.5 Å². The van der Waals surface area contributed by atoms with Crippen molar-refractivity contribution in [2.24, 2.45) is 0 Å². The maximum Gasteiger partial charge on any atom is 0.238 e. The van der Waals surface area contributed by atoms with Crippen LogP contribution in [-0.4, -0.2) is 60.2 Å². The van der Waals surface area contributed by atoms with Crippen molar-refractivity contribution in [2.75, 3.05) is 38.0 Å². The highest BCUT2D eigenvalue weighted by Crippen LogP contribution is 2.21. The second-order valence-corrected chi connectivity index (χ2v) is 8.52. The molecule has 2 aromatic carbocycles. The molecule has 1 heterocycles. The molecule has 2 aromatic rings. The van der Waals surface area contributed by atoms with E-state index in [1.807, 2.05) is 48.2 Å². The van der Waals surface area contributed by atoms with Crippen molar-refractivity contribution in [2.45, 2.75) is 26.3 Å². The van der Waals surface area contributed by atoms with Crippen LogP contribution >= 0.6 is 11.6 Å². The SMILES string of the molecule is CC(=O)N[C@@H](CC(=O)N1CCN(CC(=O)Nc2ccc(C)cc2)CC1)c1ccc(Cl)cc1. The zero-order chi connectivity index (χ0) is 23.1. The van der Waals surface area contributed by atoms with E-state index in [-0.39, 0.29) is 30.7 Å². The van der Waals surface area contributed by atoms with Crippen molar-refractivity contribution >= 4 is 35.0 Å². The van der Waals surface area contributed by atoms with Crippen molar-refractivity contribution in [3.8, 4) is 0 Å². The van der Waals surface area contributed by atoms with E-state index >= 15 is 0 Å². The maximum absolute atomic E-state index is 12.9. The van der Waals surface area contributed by atoms with Gasteiger partial charge in [0.05, 0.1) is 19.0 Å². The van der Waals surface area contributed by atoms with E-state index in [1.54, 1.807) is 17.0 Å². The van der Waals surface area contributed by atoms with Crippen molar-refractivity contribution in [1.82, 2.24) is 15.1 Å². The van der Waals surface area contributed by atoms with E-state index in [4.69, 9.17) is 11.6 Å². The smallest absolute Gasteiger partial charge is 0.238 e. The second kappa shape index (κ2) is 11.1. The van der Waals surface area contributed by atoms with Gasteiger partial charge in [0, 0.05) is 43.8 Å². The molecule has 3 amide bonds. The number of hydrogen-bond donors (Lipinski definition) is 2. The first-order valence-corrected chi connectivity index (χ1v) is 11.1. The van der Waals surface area contributed by atoms with E-state index < -0.39 is 6.04 Å². The van der Waals surface area contributed by atoms with Gasteiger partial charge in [-0.15, -0.1) is 0 Å². The van der Waals surface area contributed by atoms with Gasteiger partial charge in [-0.25, -0.2) is 0 Å². The fraction of sp³-hybridized carbons (Fsp3) is 0.375. The predicted octanol–water partition coefficient (Wildman–Crippen LogP) is 3.00. The summed E-state index contributed by atoms with van der Waals surface area (Å²) in [4.78, 5) is 40.7. The molecule has 0 unspecified atom stereocenters. The van der Waals surface area contributed by atoms with Gasteiger partial charge in [-0.3, -0.25) is 19.3 Å². The van der Waals surface area contributed by atoms with Gasteiger partial charge in [0.2, 0.25) is 17.7 Å². The summed E-state index contributed by atoms with van der Waals surface area (Å²) in [6.45, 7) is 6.06. The normalized spacial score (nSPS) is 15.2. The molecule has 1 aliphatic rings. The van der Waals surface area contributed by atoms with Crippen molar-refractivity contribution in [3.05, 3.63) is 64.7 Å². The van der Waals surface area contributed by atoms with E-state index in [1.165, 1.54) is 6.92 Å². The lowest BCUT2D eigenvalue weighted by Gasteiger charge is -2.35. The molecule has 1 atom stereocenters. The molecule has 8 heteroatoms. The highest BCUT2D eigenvalue weighted by atomic mass is 35.5. The highest BCUT2D eigenvalue weighted by Gasteiger charge is 2.25. The predicted molar refractivity (Wildman–Crippen MR) is 125 cm³/mol. The number of halogens is 1. The number of anilines is 1. The molecular weight excluding hydrogens is 428 g/mol. The van der Waals surface area contributed by atoms with Gasteiger partial charge in [-0.05, 0) is 36.8 Å². The molecule has 1 saturated heterocycles. The standard InChI is InChI=1S/C24H29ClN4O3/c1-17-3-9-21(10-4-17)27-23(31)16-28-11-13-29(14-12-28)24(32)15-22(26-18(2)30)19-5-7-20(25)8-6-19/h3-10,22H,11-16H2,1-2H3,(H,26,30)(H,27,31)/t22-/m0/s1. The van der Waals surface area contributed by atoms with Gasteiger partial charge in [-0.1, -0.05) is 41.4 Å². The first-order chi connectivity index (χ1) is 15.3. The average molecular weight is 457 g/mol. The van der Waals surface area contributed by atoms with Crippen LogP contribution in [0, 0.1) is 6.92 Å². The third kappa shape index (κ3) is 7.07. The molecule has 7 nitrogen and oxygen atoms in total. The number of hydrogen-bond acceptors (Lipinski definition) is 4. The molecule has 32 heavy (non-hydrogen) atoms. The van der Waals surface area contributed by atoms with Gasteiger partial charge in [0.1, 0.15) is 0 Å². The van der Waals surface area contributed by atoms with Crippen LogP contribution in [-0.2, 0) is 14.4 Å². The molecular formula is C24H29ClN4O3. The number of carbonyl (C=O) groups is 3. The van der Waals surface area contributed by atoms with Crippen LogP contribution in [0.2, 0.25) is 5.02 Å². The van der Waals surface area contributed by atoms with Crippen LogP contribution in [0.15, 0.2) is 48.5 Å². The number of nitrogens with one attached hydrogen (secondary N) is 2. The summed E-state index contributed by atoms with van der Waals surface area (Å²) in [5.41, 5.74) is 2.76. The fourth-order valence-electron chi connectivity index (χ4n) is 3.69. The molecule has 0 spiro atoms. The molecule has 1 aliphatic heterocycles. The van der Waals surface area contributed by atoms with Gasteiger partial charge in [0.15, 0.2) is 0 Å². The third-order valence-corrected chi connectivity index (χ3v) is 5.71. The maximum atomic E-state index is 12.9. The summed E-state index contributed by atoms with van der Waals surface area (Å²) in [5.74, 6) is -0.285. The quantitative estimate of drug-likeness (QED) is 0.671. The Bertz CT molecular complexity index is 939. The molecule has 0 bridgehead atoms. The molecule has 1 fully saturated rings. The van der Waals surface area contributed by atoms with Crippen LogP contribution in [0.3, 0.4) is 0 Å². The Labute approximate surface area is 193 Å². The minimum Gasteiger partial charge on any atom is -0.349 e. The summed E-state index contributed by atoms with van der Waals surface area (Å²) in [6.07, 6.45) is 0.176. The van der Waals surface area contributed by atoms with E-state index in [2.05, 4.69) is 10.6 Å². The molecule has 170 valence electrons. The van der Waals surface area contributed by atoms with Crippen molar-refractivity contribution in [1.29, 1.82) is 0 Å². The fourth-order valence-corrected chi connectivity index (χ4v) is 3.82. The van der Waals surface area contributed by atoms with E-state index in [9.17, 15) is 14.4 Å². The molecule has 0 aliphatic carbocycles. The lowest BCUT2D eigenvalue weighted by Crippen LogP contribution is -2.51. The molecule has 3 rings (SSSR count). The summed E-state index contributed by atoms with van der Waals surface area (Å²) < 4.78 is 0. The number of nitrogens with zero attached hydrogens (tertiary/aromatic N) is 2. The Kier molecular flexibility index (Phi) is 8.25. The van der Waals surface area contributed by atoms with Gasteiger partial charge in [-0.2, -0.15) is 0 Å². The molecule has 0 saturated carbocycles. The summed E-state index contributed by atoms with van der Waals surface area (Å²) >= 11 is 5.96. The first-order valence-electron chi connectivity index (χ1n) is 10.7. The Morgan fingerprint density at radius 2 is 1.59 bits per heavy atom. The Morgan fingerprint density at radius 1 is 0.969 bits per heavy atom. The number of aryl methyl sites for hydroxylation is 1. The lowest BCUT2D eigenvalue weighted by atomic mass is 10.0. The molecule has 0 radical (unpaired) electrons. The Balaban J connectivity index is 1.49.